The largest absolute Gasteiger partial charge is 0.206 e. The van der Waals surface area contributed by atoms with Crippen molar-refractivity contribution in [3.63, 3.8) is 0 Å². The Kier molecular flexibility index (Phi) is 17.8. The van der Waals surface area contributed by atoms with E-state index in [1.54, 1.807) is 0 Å². The van der Waals surface area contributed by atoms with Crippen LogP contribution in [-0.4, -0.2) is 7.28 Å². The molecule has 0 nitrogen and oxygen atoms in total. The Labute approximate surface area is 243 Å². The predicted molar refractivity (Wildman–Crippen MR) is 176 cm³/mol. The van der Waals surface area contributed by atoms with Crippen molar-refractivity contribution in [3.05, 3.63) is 90.4 Å². The van der Waals surface area contributed by atoms with Gasteiger partial charge in [-0.25, -0.2) is 4.39 Å². The molecule has 2 aromatic carbocycles. The van der Waals surface area contributed by atoms with Crippen LogP contribution in [0.4, 0.5) is 4.39 Å². The number of halogens is 1. The predicted octanol–water partition coefficient (Wildman–Crippen LogP) is 11.9. The summed E-state index contributed by atoms with van der Waals surface area (Å²) < 4.78 is 15.2. The molecule has 0 amide bonds. The van der Waals surface area contributed by atoms with Gasteiger partial charge in [0.15, 0.2) is 0 Å². The van der Waals surface area contributed by atoms with Crippen molar-refractivity contribution < 1.29 is 4.39 Å². The summed E-state index contributed by atoms with van der Waals surface area (Å²) in [5.41, 5.74) is 7.72. The molecule has 1 aliphatic carbocycles. The van der Waals surface area contributed by atoms with Gasteiger partial charge in [0.25, 0.3) is 0 Å². The van der Waals surface area contributed by atoms with Crippen LogP contribution in [0.15, 0.2) is 73.5 Å². The average Bonchev–Trinajstić information content (AvgIpc) is 3.68. The maximum atomic E-state index is 15.2. The molecule has 215 valence electrons. The fourth-order valence-electron chi connectivity index (χ4n) is 5.23. The van der Waals surface area contributed by atoms with E-state index < -0.39 is 0 Å². The molecular formula is C37H57BF. The summed E-state index contributed by atoms with van der Waals surface area (Å²) in [6.45, 7) is 32.0. The van der Waals surface area contributed by atoms with Gasteiger partial charge in [-0.1, -0.05) is 141 Å². The maximum Gasteiger partial charge on any atom is 0.134 e. The zero-order valence-electron chi connectivity index (χ0n) is 27.0. The van der Waals surface area contributed by atoms with Crippen molar-refractivity contribution in [3.8, 4) is 11.1 Å². The molecule has 1 fully saturated rings. The van der Waals surface area contributed by atoms with Crippen molar-refractivity contribution in [2.75, 3.05) is 0 Å². The van der Waals surface area contributed by atoms with Crippen molar-refractivity contribution in [2.24, 2.45) is 23.2 Å². The molecule has 0 spiro atoms. The van der Waals surface area contributed by atoms with Crippen LogP contribution in [0.3, 0.4) is 0 Å². The Morgan fingerprint density at radius 3 is 1.90 bits per heavy atom. The molecule has 3 rings (SSSR count). The van der Waals surface area contributed by atoms with Crippen LogP contribution in [0.25, 0.3) is 11.1 Å². The first kappa shape index (κ1) is 36.7. The Morgan fingerprint density at radius 2 is 1.54 bits per heavy atom. The Bertz CT molecular complexity index is 994. The zero-order valence-corrected chi connectivity index (χ0v) is 27.0. The van der Waals surface area contributed by atoms with E-state index in [4.69, 9.17) is 0 Å². The second kappa shape index (κ2) is 18.9. The summed E-state index contributed by atoms with van der Waals surface area (Å²) >= 11 is 0. The molecule has 0 bridgehead atoms. The Morgan fingerprint density at radius 1 is 1.03 bits per heavy atom. The van der Waals surface area contributed by atoms with Crippen LogP contribution in [0.5, 0.6) is 0 Å². The lowest BCUT2D eigenvalue weighted by molar-refractivity contribution is 0.354. The third-order valence-electron chi connectivity index (χ3n) is 7.97. The molecule has 1 saturated carbocycles. The summed E-state index contributed by atoms with van der Waals surface area (Å²) in [7, 11) is 2.37. The van der Waals surface area contributed by atoms with E-state index in [0.717, 1.165) is 34.6 Å². The van der Waals surface area contributed by atoms with Gasteiger partial charge in [-0.2, -0.15) is 0 Å². The van der Waals surface area contributed by atoms with Crippen molar-refractivity contribution >= 4 is 7.28 Å². The molecule has 3 atom stereocenters. The monoisotopic (exact) mass is 531 g/mol. The van der Waals surface area contributed by atoms with Crippen molar-refractivity contribution in [1.82, 2.24) is 0 Å². The first-order valence-electron chi connectivity index (χ1n) is 15.0. The highest BCUT2D eigenvalue weighted by atomic mass is 19.1. The van der Waals surface area contributed by atoms with Crippen LogP contribution in [-0.2, 0) is 6.42 Å². The minimum Gasteiger partial charge on any atom is -0.206 e. The quantitative estimate of drug-likeness (QED) is 0.171. The fourth-order valence-corrected chi connectivity index (χ4v) is 5.23. The third kappa shape index (κ3) is 12.2. The Balaban J connectivity index is 0.000000861. The molecular weight excluding hydrogens is 474 g/mol. The topological polar surface area (TPSA) is 0 Å². The zero-order chi connectivity index (χ0) is 30.2. The van der Waals surface area contributed by atoms with E-state index >= 15 is 4.39 Å². The molecule has 1 radical (unpaired) electrons. The number of hydrogen-bond donors (Lipinski definition) is 0. The molecule has 2 aromatic rings. The van der Waals surface area contributed by atoms with Crippen LogP contribution < -0.4 is 0 Å². The van der Waals surface area contributed by atoms with Gasteiger partial charge in [0.1, 0.15) is 13.1 Å². The van der Waals surface area contributed by atoms with Crippen LogP contribution in [0.1, 0.15) is 92.2 Å². The van der Waals surface area contributed by atoms with Gasteiger partial charge < -0.3 is 0 Å². The van der Waals surface area contributed by atoms with Gasteiger partial charge in [0.2, 0.25) is 0 Å². The van der Waals surface area contributed by atoms with Crippen LogP contribution in [0.2, 0.25) is 12.6 Å². The summed E-state index contributed by atoms with van der Waals surface area (Å²) in [4.78, 5) is 0. The summed E-state index contributed by atoms with van der Waals surface area (Å²) in [5, 5.41) is 0. The minimum atomic E-state index is -0.0418. The molecule has 0 aliphatic heterocycles. The van der Waals surface area contributed by atoms with Crippen molar-refractivity contribution in [2.45, 2.75) is 107 Å². The van der Waals surface area contributed by atoms with Gasteiger partial charge in [-0.3, -0.25) is 0 Å². The number of rotatable bonds is 9. The van der Waals surface area contributed by atoms with Gasteiger partial charge in [0.05, 0.1) is 0 Å². The van der Waals surface area contributed by atoms with Gasteiger partial charge >= 0.3 is 0 Å². The number of benzene rings is 2. The molecule has 1 aliphatic rings. The number of allylic oxidation sites excluding steroid dienone is 1. The minimum absolute atomic E-state index is 0.0418. The van der Waals surface area contributed by atoms with E-state index in [9.17, 15) is 0 Å². The first-order chi connectivity index (χ1) is 18.4. The number of hydrogen-bond acceptors (Lipinski definition) is 0. The fraction of sp³-hybridized carbons (Fsp3) is 0.541. The lowest BCUT2D eigenvalue weighted by atomic mass is 9.53. The molecule has 0 aromatic heterocycles. The van der Waals surface area contributed by atoms with Gasteiger partial charge in [-0.15, -0.1) is 5.73 Å². The van der Waals surface area contributed by atoms with E-state index in [2.05, 4.69) is 102 Å². The summed E-state index contributed by atoms with van der Waals surface area (Å²) in [6, 6.07) is 13.9. The summed E-state index contributed by atoms with van der Waals surface area (Å²) in [6.07, 6.45) is 5.95. The molecule has 0 heterocycles. The Hall–Kier alpha value is -2.31. The highest BCUT2D eigenvalue weighted by Gasteiger charge is 2.48. The van der Waals surface area contributed by atoms with E-state index in [1.165, 1.54) is 31.3 Å². The lowest BCUT2D eigenvalue weighted by Gasteiger charge is -2.31. The smallest absolute Gasteiger partial charge is 0.134 e. The number of aryl methyl sites for hydroxylation is 1. The van der Waals surface area contributed by atoms with E-state index in [0.29, 0.717) is 23.1 Å². The standard InChI is InChI=1S/C23H29BF.C8H16.C3H8.C3H4/c1-5-23(11-12-23)22(24-4)17(3)15-19-13-16(2)14-20(21(19)25)18-9-7-6-8-10-18;1-6(2)8(5)7(3)4;2*1-3-2/h6-10,13-14,17,22H,5,11-12,15H2,1-4H3;7-8H,1H2,2-5H3;3H2,1-2H3;1-2H2/t;8-;;/m.1../s1. The second-order valence-electron chi connectivity index (χ2n) is 11.7. The molecule has 0 N–H and O–H groups in total. The molecule has 2 unspecified atom stereocenters. The molecule has 0 saturated heterocycles. The second-order valence-corrected chi connectivity index (χ2v) is 11.7. The molecule has 39 heavy (non-hydrogen) atoms. The highest BCUT2D eigenvalue weighted by Crippen LogP contribution is 2.60. The highest BCUT2D eigenvalue weighted by molar-refractivity contribution is 6.36. The van der Waals surface area contributed by atoms with Gasteiger partial charge in [0, 0.05) is 5.56 Å². The summed E-state index contributed by atoms with van der Waals surface area (Å²) in [5.74, 6) is 2.42. The van der Waals surface area contributed by atoms with Crippen LogP contribution in [0, 0.1) is 35.9 Å². The maximum absolute atomic E-state index is 15.2. The van der Waals surface area contributed by atoms with Crippen molar-refractivity contribution in [1.29, 1.82) is 0 Å². The molecule has 2 heteroatoms. The average molecular weight is 532 g/mol. The van der Waals surface area contributed by atoms with E-state index in [-0.39, 0.29) is 5.82 Å². The lowest BCUT2D eigenvalue weighted by Crippen LogP contribution is -2.23. The SMILES string of the molecule is C=C(C)[C@@H](C)C(C)C.C=C=C.CCC.C[B]C(C(C)Cc1cc(C)cc(-c2ccccc2)c1F)C1(CC)CC1. The normalized spacial score (nSPS) is 15.0. The third-order valence-corrected chi connectivity index (χ3v) is 7.97. The van der Waals surface area contributed by atoms with Gasteiger partial charge in [-0.05, 0) is 73.5 Å². The van der Waals surface area contributed by atoms with E-state index in [1.807, 2.05) is 42.5 Å². The first-order valence-corrected chi connectivity index (χ1v) is 15.0. The van der Waals surface area contributed by atoms with Crippen LogP contribution >= 0.6 is 0 Å².